The highest BCUT2D eigenvalue weighted by molar-refractivity contribution is 6.19. The van der Waals surface area contributed by atoms with E-state index < -0.39 is 17.6 Å². The monoisotopic (exact) mass is 526 g/mol. The van der Waals surface area contributed by atoms with Crippen molar-refractivity contribution < 1.29 is 18.7 Å². The van der Waals surface area contributed by atoms with Crippen molar-refractivity contribution in [3.8, 4) is 28.8 Å². The first-order chi connectivity index (χ1) is 18.9. The Kier molecular flexibility index (Phi) is 8.72. The molecule has 39 heavy (non-hydrogen) atoms. The molecule has 2 amide bonds. The first-order valence-electron chi connectivity index (χ1n) is 13.2. The summed E-state index contributed by atoms with van der Waals surface area (Å²) in [7, 11) is 0. The number of nitrogens with zero attached hydrogens (tertiary/aromatic N) is 4. The molecule has 3 aromatic rings. The number of ether oxygens (including phenoxy) is 1. The summed E-state index contributed by atoms with van der Waals surface area (Å²) in [6.07, 6.45) is 6.58. The Bertz CT molecular complexity index is 1480. The molecule has 0 aliphatic carbocycles. The maximum atomic E-state index is 14.9. The van der Waals surface area contributed by atoms with E-state index in [1.807, 2.05) is 50.2 Å². The minimum absolute atomic E-state index is 0.0576. The molecule has 0 radical (unpaired) electrons. The van der Waals surface area contributed by atoms with Gasteiger partial charge >= 0.3 is 0 Å². The molecular formula is C31H31FN4O3. The van der Waals surface area contributed by atoms with Crippen LogP contribution in [0.25, 0.3) is 23.0 Å². The Morgan fingerprint density at radius 1 is 1.05 bits per heavy atom. The normalized spacial score (nSPS) is 14.7. The van der Waals surface area contributed by atoms with Gasteiger partial charge in [-0.3, -0.25) is 14.5 Å². The SMILES string of the molecule is CCCCCN1C(=O)C(C#N)=C(C)/C(=C\c2cn(-c3ccccc3)nc2-c2ccc(OCCC)c(F)c2)C1=O. The lowest BCUT2D eigenvalue weighted by Crippen LogP contribution is -2.43. The first-order valence-corrected chi connectivity index (χ1v) is 13.2. The lowest BCUT2D eigenvalue weighted by molar-refractivity contribution is -0.140. The Morgan fingerprint density at radius 2 is 1.82 bits per heavy atom. The molecule has 1 aliphatic rings. The number of unbranched alkanes of at least 4 members (excludes halogenated alkanes) is 2. The first kappa shape index (κ1) is 27.5. The number of imide groups is 1. The molecule has 0 saturated heterocycles. The maximum Gasteiger partial charge on any atom is 0.271 e. The van der Waals surface area contributed by atoms with E-state index >= 15 is 0 Å². The highest BCUT2D eigenvalue weighted by atomic mass is 19.1. The predicted molar refractivity (Wildman–Crippen MR) is 147 cm³/mol. The summed E-state index contributed by atoms with van der Waals surface area (Å²) >= 11 is 0. The second kappa shape index (κ2) is 12.4. The molecule has 7 nitrogen and oxygen atoms in total. The van der Waals surface area contributed by atoms with Crippen LogP contribution in [0.2, 0.25) is 0 Å². The molecule has 0 unspecified atom stereocenters. The van der Waals surface area contributed by atoms with Crippen LogP contribution < -0.4 is 4.74 Å². The van der Waals surface area contributed by atoms with E-state index in [9.17, 15) is 19.2 Å². The third-order valence-corrected chi connectivity index (χ3v) is 6.54. The average Bonchev–Trinajstić information content (AvgIpc) is 3.37. The summed E-state index contributed by atoms with van der Waals surface area (Å²) in [6.45, 7) is 6.22. The molecule has 4 rings (SSSR count). The maximum absolute atomic E-state index is 14.9. The van der Waals surface area contributed by atoms with Crippen molar-refractivity contribution in [2.24, 2.45) is 0 Å². The summed E-state index contributed by atoms with van der Waals surface area (Å²) < 4.78 is 22.1. The van der Waals surface area contributed by atoms with Gasteiger partial charge < -0.3 is 4.74 Å². The number of benzene rings is 2. The van der Waals surface area contributed by atoms with E-state index in [1.165, 1.54) is 6.07 Å². The van der Waals surface area contributed by atoms with Crippen molar-refractivity contribution in [2.45, 2.75) is 46.5 Å². The quantitative estimate of drug-likeness (QED) is 0.177. The van der Waals surface area contributed by atoms with Gasteiger partial charge in [0.05, 0.1) is 12.3 Å². The second-order valence-corrected chi connectivity index (χ2v) is 9.35. The number of carbonyl (C=O) groups is 2. The molecular weight excluding hydrogens is 495 g/mol. The molecule has 1 aromatic heterocycles. The fourth-order valence-electron chi connectivity index (χ4n) is 4.42. The zero-order valence-electron chi connectivity index (χ0n) is 22.4. The molecule has 0 bridgehead atoms. The highest BCUT2D eigenvalue weighted by Gasteiger charge is 2.35. The fourth-order valence-corrected chi connectivity index (χ4v) is 4.42. The van der Waals surface area contributed by atoms with Gasteiger partial charge in [0.2, 0.25) is 0 Å². The van der Waals surface area contributed by atoms with Crippen LogP contribution in [0.1, 0.15) is 52.0 Å². The molecule has 200 valence electrons. The summed E-state index contributed by atoms with van der Waals surface area (Å²) in [5.74, 6) is -1.39. The van der Waals surface area contributed by atoms with Gasteiger partial charge in [-0.05, 0) is 61.7 Å². The number of aromatic nitrogens is 2. The van der Waals surface area contributed by atoms with Gasteiger partial charge in [0, 0.05) is 29.4 Å². The molecule has 2 aromatic carbocycles. The lowest BCUT2D eigenvalue weighted by Gasteiger charge is -2.27. The van der Waals surface area contributed by atoms with E-state index in [-0.39, 0.29) is 23.4 Å². The average molecular weight is 527 g/mol. The van der Waals surface area contributed by atoms with Crippen molar-refractivity contribution in [1.29, 1.82) is 5.26 Å². The molecule has 8 heteroatoms. The van der Waals surface area contributed by atoms with Gasteiger partial charge in [-0.15, -0.1) is 0 Å². The predicted octanol–water partition coefficient (Wildman–Crippen LogP) is 6.25. The van der Waals surface area contributed by atoms with E-state index in [1.54, 1.807) is 36.0 Å². The number of hydrogen-bond acceptors (Lipinski definition) is 5. The minimum atomic E-state index is -0.571. The summed E-state index contributed by atoms with van der Waals surface area (Å²) in [5.41, 5.74) is 2.76. The lowest BCUT2D eigenvalue weighted by atomic mass is 9.93. The number of para-hydroxylation sites is 1. The Morgan fingerprint density at radius 3 is 2.49 bits per heavy atom. The number of halogens is 1. The van der Waals surface area contributed by atoms with Crippen LogP contribution in [0, 0.1) is 17.1 Å². The van der Waals surface area contributed by atoms with E-state index in [0.29, 0.717) is 35.4 Å². The molecule has 0 saturated carbocycles. The van der Waals surface area contributed by atoms with Crippen LogP contribution in [0.4, 0.5) is 4.39 Å². The molecule has 0 N–H and O–H groups in total. The number of amides is 2. The van der Waals surface area contributed by atoms with Crippen LogP contribution in [0.5, 0.6) is 5.75 Å². The Hall–Kier alpha value is -4.51. The van der Waals surface area contributed by atoms with E-state index in [4.69, 9.17) is 9.84 Å². The van der Waals surface area contributed by atoms with Gasteiger partial charge in [-0.25, -0.2) is 9.07 Å². The zero-order valence-corrected chi connectivity index (χ0v) is 22.4. The standard InChI is InChI=1S/C31H31FN4O3/c1-4-6-10-15-35-30(37)25(21(3)26(19-33)31(35)38)17-23-20-36(24-11-8-7-9-12-24)34-29(23)22-13-14-28(27(32)18-22)39-16-5-2/h7-9,11-14,17-18,20H,4-6,10,15-16H2,1-3H3/b25-17+. The van der Waals surface area contributed by atoms with Gasteiger partial charge in [-0.1, -0.05) is 44.9 Å². The fraction of sp³-hybridized carbons (Fsp3) is 0.290. The van der Waals surface area contributed by atoms with E-state index in [2.05, 4.69) is 0 Å². The molecule has 0 fully saturated rings. The van der Waals surface area contributed by atoms with Crippen LogP contribution in [-0.4, -0.2) is 39.6 Å². The van der Waals surface area contributed by atoms with Gasteiger partial charge in [0.1, 0.15) is 17.3 Å². The Labute approximate surface area is 227 Å². The molecule has 0 atom stereocenters. The third-order valence-electron chi connectivity index (χ3n) is 6.54. The van der Waals surface area contributed by atoms with Crippen LogP contribution >= 0.6 is 0 Å². The number of hydrogen-bond donors (Lipinski definition) is 0. The van der Waals surface area contributed by atoms with E-state index in [0.717, 1.165) is 29.8 Å². The molecule has 2 heterocycles. The van der Waals surface area contributed by atoms with Crippen LogP contribution in [0.15, 0.2) is 71.4 Å². The van der Waals surface area contributed by atoms with Gasteiger partial charge in [0.15, 0.2) is 11.6 Å². The Balaban J connectivity index is 1.85. The molecule has 0 spiro atoms. The van der Waals surface area contributed by atoms with Crippen LogP contribution in [-0.2, 0) is 9.59 Å². The third kappa shape index (κ3) is 5.83. The second-order valence-electron chi connectivity index (χ2n) is 9.35. The van der Waals surface area contributed by atoms with Crippen molar-refractivity contribution in [1.82, 2.24) is 14.7 Å². The van der Waals surface area contributed by atoms with Crippen molar-refractivity contribution >= 4 is 17.9 Å². The van der Waals surface area contributed by atoms with Gasteiger partial charge in [0.25, 0.3) is 11.8 Å². The van der Waals surface area contributed by atoms with Gasteiger partial charge in [-0.2, -0.15) is 10.4 Å². The summed E-state index contributed by atoms with van der Waals surface area (Å²) in [4.78, 5) is 27.6. The van der Waals surface area contributed by atoms with Crippen molar-refractivity contribution in [3.05, 3.63) is 82.8 Å². The zero-order chi connectivity index (χ0) is 27.9. The smallest absolute Gasteiger partial charge is 0.271 e. The van der Waals surface area contributed by atoms with Crippen LogP contribution in [0.3, 0.4) is 0 Å². The minimum Gasteiger partial charge on any atom is -0.491 e. The largest absolute Gasteiger partial charge is 0.491 e. The number of rotatable bonds is 10. The highest BCUT2D eigenvalue weighted by Crippen LogP contribution is 2.33. The molecule has 1 aliphatic heterocycles. The number of nitriles is 1. The number of carbonyl (C=O) groups excluding carboxylic acids is 2. The summed E-state index contributed by atoms with van der Waals surface area (Å²) in [6, 6.07) is 16.0. The van der Waals surface area contributed by atoms with Crippen molar-refractivity contribution in [2.75, 3.05) is 13.2 Å². The van der Waals surface area contributed by atoms with Crippen molar-refractivity contribution in [3.63, 3.8) is 0 Å². The topological polar surface area (TPSA) is 88.2 Å². The summed E-state index contributed by atoms with van der Waals surface area (Å²) in [5, 5.41) is 14.5.